The van der Waals surface area contributed by atoms with Crippen molar-refractivity contribution in [1.82, 2.24) is 0 Å². The number of benzene rings is 1. The van der Waals surface area contributed by atoms with Crippen LogP contribution in [0.5, 0.6) is 0 Å². The number of carbonyl (C=O) groups is 2. The van der Waals surface area contributed by atoms with Crippen LogP contribution in [0.15, 0.2) is 24.3 Å². The van der Waals surface area contributed by atoms with E-state index in [1.54, 1.807) is 12.1 Å². The first kappa shape index (κ1) is 15.2. The molecule has 0 spiro atoms. The molecule has 104 valence electrons. The summed E-state index contributed by atoms with van der Waals surface area (Å²) in [5.74, 6) is -1.05. The molecule has 0 saturated carbocycles. The van der Waals surface area contributed by atoms with Crippen molar-refractivity contribution in [2.45, 2.75) is 6.42 Å². The highest BCUT2D eigenvalue weighted by Crippen LogP contribution is 2.10. The molecule has 1 N–H and O–H groups in total. The van der Waals surface area contributed by atoms with Crippen molar-refractivity contribution < 1.29 is 22.7 Å². The highest BCUT2D eigenvalue weighted by molar-refractivity contribution is 7.90. The molecule has 0 aliphatic carbocycles. The van der Waals surface area contributed by atoms with E-state index in [0.29, 0.717) is 11.3 Å². The summed E-state index contributed by atoms with van der Waals surface area (Å²) in [6.07, 6.45) is 0.975. The summed E-state index contributed by atoms with van der Waals surface area (Å²) < 4.78 is 26.4. The number of rotatable bonds is 5. The molecule has 0 aromatic heterocycles. The van der Waals surface area contributed by atoms with Crippen LogP contribution in [0.25, 0.3) is 0 Å². The lowest BCUT2D eigenvalue weighted by molar-refractivity contribution is -0.115. The first-order valence-corrected chi connectivity index (χ1v) is 7.54. The number of esters is 1. The van der Waals surface area contributed by atoms with Crippen molar-refractivity contribution in [1.29, 1.82) is 0 Å². The lowest BCUT2D eigenvalue weighted by Crippen LogP contribution is -2.16. The van der Waals surface area contributed by atoms with Gasteiger partial charge in [0.1, 0.15) is 9.84 Å². The van der Waals surface area contributed by atoms with Crippen molar-refractivity contribution >= 4 is 27.4 Å². The molecule has 0 atom stereocenters. The van der Waals surface area contributed by atoms with Crippen LogP contribution in [0.2, 0.25) is 0 Å². The fourth-order valence-electron chi connectivity index (χ4n) is 1.31. The van der Waals surface area contributed by atoms with Crippen molar-refractivity contribution in [3.8, 4) is 0 Å². The minimum Gasteiger partial charge on any atom is -0.465 e. The largest absolute Gasteiger partial charge is 0.465 e. The molecule has 1 aromatic carbocycles. The van der Waals surface area contributed by atoms with Crippen LogP contribution < -0.4 is 5.32 Å². The molecule has 6 nitrogen and oxygen atoms in total. The zero-order valence-corrected chi connectivity index (χ0v) is 11.5. The van der Waals surface area contributed by atoms with Gasteiger partial charge in [-0.3, -0.25) is 4.79 Å². The van der Waals surface area contributed by atoms with Gasteiger partial charge < -0.3 is 10.1 Å². The molecule has 1 rings (SSSR count). The monoisotopic (exact) mass is 285 g/mol. The lowest BCUT2D eigenvalue weighted by Gasteiger charge is -2.05. The molecule has 19 heavy (non-hydrogen) atoms. The summed E-state index contributed by atoms with van der Waals surface area (Å²) in [6.45, 7) is 0. The number of hydrogen-bond donors (Lipinski definition) is 1. The highest BCUT2D eigenvalue weighted by Gasteiger charge is 2.09. The molecule has 7 heteroatoms. The van der Waals surface area contributed by atoms with E-state index in [9.17, 15) is 18.0 Å². The van der Waals surface area contributed by atoms with Crippen LogP contribution in [-0.2, 0) is 19.4 Å². The third-order valence-electron chi connectivity index (χ3n) is 2.29. The fraction of sp³-hybridized carbons (Fsp3) is 0.333. The minimum atomic E-state index is -3.15. The predicted molar refractivity (Wildman–Crippen MR) is 70.7 cm³/mol. The van der Waals surface area contributed by atoms with E-state index in [1.165, 1.54) is 19.2 Å². The van der Waals surface area contributed by atoms with E-state index in [2.05, 4.69) is 10.1 Å². The first-order valence-electron chi connectivity index (χ1n) is 5.48. The van der Waals surface area contributed by atoms with E-state index in [1.807, 2.05) is 0 Å². The molecule has 0 aliphatic rings. The van der Waals surface area contributed by atoms with Gasteiger partial charge in [0.15, 0.2) is 0 Å². The average molecular weight is 285 g/mol. The Kier molecular flexibility index (Phi) is 5.05. The predicted octanol–water partition coefficient (Wildman–Crippen LogP) is 0.846. The molecule has 0 unspecified atom stereocenters. The smallest absolute Gasteiger partial charge is 0.337 e. The topological polar surface area (TPSA) is 89.5 Å². The Morgan fingerprint density at radius 1 is 1.21 bits per heavy atom. The summed E-state index contributed by atoms with van der Waals surface area (Å²) in [5, 5.41) is 2.54. The van der Waals surface area contributed by atoms with Gasteiger partial charge in [-0.15, -0.1) is 0 Å². The second-order valence-electron chi connectivity index (χ2n) is 4.00. The van der Waals surface area contributed by atoms with Crippen LogP contribution >= 0.6 is 0 Å². The average Bonchev–Trinajstić information content (AvgIpc) is 2.35. The third kappa shape index (κ3) is 5.52. The highest BCUT2D eigenvalue weighted by atomic mass is 32.2. The molecular weight excluding hydrogens is 270 g/mol. The molecule has 1 aromatic rings. The Morgan fingerprint density at radius 2 is 1.79 bits per heavy atom. The third-order valence-corrected chi connectivity index (χ3v) is 3.24. The van der Waals surface area contributed by atoms with E-state index in [-0.39, 0.29) is 12.2 Å². The van der Waals surface area contributed by atoms with Crippen LogP contribution in [0.4, 0.5) is 5.69 Å². The number of anilines is 1. The molecule has 0 saturated heterocycles. The van der Waals surface area contributed by atoms with Crippen molar-refractivity contribution in [3.05, 3.63) is 29.8 Å². The molecule has 0 aliphatic heterocycles. The van der Waals surface area contributed by atoms with Crippen LogP contribution in [0.3, 0.4) is 0 Å². The van der Waals surface area contributed by atoms with Gasteiger partial charge in [-0.25, -0.2) is 13.2 Å². The molecule has 0 bridgehead atoms. The summed E-state index contributed by atoms with van der Waals surface area (Å²) in [5.41, 5.74) is 0.864. The summed E-state index contributed by atoms with van der Waals surface area (Å²) >= 11 is 0. The van der Waals surface area contributed by atoms with Gasteiger partial charge in [0.25, 0.3) is 0 Å². The number of carbonyl (C=O) groups excluding carboxylic acids is 2. The van der Waals surface area contributed by atoms with Gasteiger partial charge >= 0.3 is 5.97 Å². The number of sulfone groups is 1. The van der Waals surface area contributed by atoms with E-state index >= 15 is 0 Å². The Morgan fingerprint density at radius 3 is 2.26 bits per heavy atom. The SMILES string of the molecule is COC(=O)c1ccc(NC(=O)CCS(C)(=O)=O)cc1. The van der Waals surface area contributed by atoms with Gasteiger partial charge in [-0.05, 0) is 24.3 Å². The Bertz CT molecular complexity index is 562. The van der Waals surface area contributed by atoms with E-state index < -0.39 is 21.7 Å². The minimum absolute atomic E-state index is 0.0996. The zero-order chi connectivity index (χ0) is 14.5. The zero-order valence-electron chi connectivity index (χ0n) is 10.7. The van der Waals surface area contributed by atoms with Gasteiger partial charge in [0.2, 0.25) is 5.91 Å². The van der Waals surface area contributed by atoms with Crippen molar-refractivity contribution in [2.24, 2.45) is 0 Å². The summed E-state index contributed by atoms with van der Waals surface area (Å²) in [4.78, 5) is 22.7. The molecule has 0 heterocycles. The van der Waals surface area contributed by atoms with Gasteiger partial charge in [0, 0.05) is 18.4 Å². The van der Waals surface area contributed by atoms with Crippen LogP contribution in [-0.4, -0.2) is 39.4 Å². The number of amides is 1. The molecule has 1 amide bonds. The summed E-state index contributed by atoms with van der Waals surface area (Å²) in [7, 11) is -1.87. The van der Waals surface area contributed by atoms with Crippen molar-refractivity contribution in [3.63, 3.8) is 0 Å². The number of methoxy groups -OCH3 is 1. The van der Waals surface area contributed by atoms with Gasteiger partial charge in [-0.1, -0.05) is 0 Å². The van der Waals surface area contributed by atoms with E-state index in [0.717, 1.165) is 6.26 Å². The van der Waals surface area contributed by atoms with Gasteiger partial charge in [-0.2, -0.15) is 0 Å². The first-order chi connectivity index (χ1) is 8.81. The van der Waals surface area contributed by atoms with Crippen LogP contribution in [0.1, 0.15) is 16.8 Å². The number of hydrogen-bond acceptors (Lipinski definition) is 5. The standard InChI is InChI=1S/C12H15NO5S/c1-18-12(15)9-3-5-10(6-4-9)13-11(14)7-8-19(2,16)17/h3-6H,7-8H2,1-2H3,(H,13,14). The Balaban J connectivity index is 2.58. The number of nitrogens with one attached hydrogen (secondary N) is 1. The maximum absolute atomic E-state index is 11.5. The maximum atomic E-state index is 11.5. The molecule has 0 fully saturated rings. The number of ether oxygens (including phenoxy) is 1. The quantitative estimate of drug-likeness (QED) is 0.810. The second-order valence-corrected chi connectivity index (χ2v) is 6.26. The van der Waals surface area contributed by atoms with Crippen LogP contribution in [0, 0.1) is 0 Å². The van der Waals surface area contributed by atoms with Gasteiger partial charge in [0.05, 0.1) is 18.4 Å². The Hall–Kier alpha value is -1.89. The van der Waals surface area contributed by atoms with E-state index in [4.69, 9.17) is 0 Å². The maximum Gasteiger partial charge on any atom is 0.337 e. The normalized spacial score (nSPS) is 10.8. The Labute approximate surface area is 111 Å². The lowest BCUT2D eigenvalue weighted by atomic mass is 10.2. The summed E-state index contributed by atoms with van der Waals surface area (Å²) in [6, 6.07) is 6.12. The second kappa shape index (κ2) is 6.33. The molecular formula is C12H15NO5S. The van der Waals surface area contributed by atoms with Crippen molar-refractivity contribution in [2.75, 3.05) is 24.4 Å². The fourth-order valence-corrected chi connectivity index (χ4v) is 1.87. The molecule has 0 radical (unpaired) electrons.